The third-order valence-electron chi connectivity index (χ3n) is 3.43. The SMILES string of the molecule is CCC(CC)c1nc(C(C)(C)C)c(CNC(C)C)s1. The smallest absolute Gasteiger partial charge is 0.0962 e. The van der Waals surface area contributed by atoms with Crippen LogP contribution >= 0.6 is 11.3 Å². The molecule has 1 N–H and O–H groups in total. The molecule has 0 unspecified atom stereocenters. The predicted octanol–water partition coefficient (Wildman–Crippen LogP) is 4.84. The zero-order valence-electron chi connectivity index (χ0n) is 13.6. The molecule has 0 bridgehead atoms. The van der Waals surface area contributed by atoms with Crippen molar-refractivity contribution in [2.75, 3.05) is 0 Å². The zero-order chi connectivity index (χ0) is 14.6. The van der Waals surface area contributed by atoms with E-state index in [1.54, 1.807) is 0 Å². The van der Waals surface area contributed by atoms with Crippen molar-refractivity contribution >= 4 is 11.3 Å². The van der Waals surface area contributed by atoms with Gasteiger partial charge in [0.2, 0.25) is 0 Å². The zero-order valence-corrected chi connectivity index (χ0v) is 14.4. The molecule has 0 saturated carbocycles. The Bertz CT molecular complexity index is 384. The van der Waals surface area contributed by atoms with Gasteiger partial charge in [0.05, 0.1) is 10.7 Å². The Morgan fingerprint density at radius 2 is 1.74 bits per heavy atom. The number of nitrogens with zero attached hydrogens (tertiary/aromatic N) is 1. The molecule has 0 spiro atoms. The Balaban J connectivity index is 3.05. The fraction of sp³-hybridized carbons (Fsp3) is 0.812. The van der Waals surface area contributed by atoms with Crippen LogP contribution in [0, 0.1) is 0 Å². The topological polar surface area (TPSA) is 24.9 Å². The minimum atomic E-state index is 0.134. The molecule has 0 aliphatic rings. The fourth-order valence-electron chi connectivity index (χ4n) is 2.19. The summed E-state index contributed by atoms with van der Waals surface area (Å²) in [6.07, 6.45) is 2.37. The molecule has 0 aliphatic carbocycles. The van der Waals surface area contributed by atoms with Crippen molar-refractivity contribution in [3.63, 3.8) is 0 Å². The van der Waals surface area contributed by atoms with E-state index in [2.05, 4.69) is 53.8 Å². The molecule has 3 heteroatoms. The lowest BCUT2D eigenvalue weighted by molar-refractivity contribution is 0.540. The standard InChI is InChI=1S/C16H30N2S/c1-8-12(9-2)15-18-14(16(5,6)7)13(19-15)10-17-11(3)4/h11-12,17H,8-10H2,1-7H3. The predicted molar refractivity (Wildman–Crippen MR) is 86.1 cm³/mol. The summed E-state index contributed by atoms with van der Waals surface area (Å²) in [5, 5.41) is 4.86. The summed E-state index contributed by atoms with van der Waals surface area (Å²) in [7, 11) is 0. The van der Waals surface area contributed by atoms with Crippen LogP contribution < -0.4 is 5.32 Å². The molecule has 1 rings (SSSR count). The summed E-state index contributed by atoms with van der Waals surface area (Å²) in [6.45, 7) is 16.6. The average Bonchev–Trinajstić information content (AvgIpc) is 2.72. The second-order valence-electron chi connectivity index (χ2n) is 6.62. The van der Waals surface area contributed by atoms with Gasteiger partial charge in [-0.05, 0) is 12.8 Å². The van der Waals surface area contributed by atoms with Gasteiger partial charge in [-0.15, -0.1) is 11.3 Å². The minimum Gasteiger partial charge on any atom is -0.310 e. The highest BCUT2D eigenvalue weighted by atomic mass is 32.1. The van der Waals surface area contributed by atoms with Gasteiger partial charge in [-0.2, -0.15) is 0 Å². The Labute approximate surface area is 123 Å². The minimum absolute atomic E-state index is 0.134. The van der Waals surface area contributed by atoms with Gasteiger partial charge in [0.15, 0.2) is 0 Å². The summed E-state index contributed by atoms with van der Waals surface area (Å²) in [5.41, 5.74) is 1.42. The van der Waals surface area contributed by atoms with Crippen molar-refractivity contribution in [2.45, 2.75) is 85.2 Å². The lowest BCUT2D eigenvalue weighted by Gasteiger charge is -2.18. The number of hydrogen-bond donors (Lipinski definition) is 1. The second kappa shape index (κ2) is 6.85. The first-order chi connectivity index (χ1) is 8.79. The lowest BCUT2D eigenvalue weighted by Crippen LogP contribution is -2.23. The van der Waals surface area contributed by atoms with E-state index in [1.165, 1.54) is 28.4 Å². The van der Waals surface area contributed by atoms with Crippen LogP contribution in [0.3, 0.4) is 0 Å². The summed E-state index contributed by atoms with van der Waals surface area (Å²) in [4.78, 5) is 6.40. The molecule has 0 fully saturated rings. The number of rotatable bonds is 6. The summed E-state index contributed by atoms with van der Waals surface area (Å²) in [6, 6.07) is 0.520. The Morgan fingerprint density at radius 1 is 1.16 bits per heavy atom. The Hall–Kier alpha value is -0.410. The Morgan fingerprint density at radius 3 is 2.16 bits per heavy atom. The van der Waals surface area contributed by atoms with Crippen LogP contribution in [-0.4, -0.2) is 11.0 Å². The van der Waals surface area contributed by atoms with E-state index in [4.69, 9.17) is 4.98 Å². The van der Waals surface area contributed by atoms with Crippen molar-refractivity contribution in [3.05, 3.63) is 15.6 Å². The van der Waals surface area contributed by atoms with Crippen molar-refractivity contribution in [1.82, 2.24) is 10.3 Å². The van der Waals surface area contributed by atoms with Gasteiger partial charge in [-0.1, -0.05) is 48.5 Å². The molecule has 2 nitrogen and oxygen atoms in total. The first kappa shape index (κ1) is 16.6. The van der Waals surface area contributed by atoms with E-state index in [0.717, 1.165) is 6.54 Å². The summed E-state index contributed by atoms with van der Waals surface area (Å²) in [5.74, 6) is 0.624. The van der Waals surface area contributed by atoms with E-state index in [-0.39, 0.29) is 5.41 Å². The van der Waals surface area contributed by atoms with Gasteiger partial charge in [-0.25, -0.2) is 4.98 Å². The van der Waals surface area contributed by atoms with Crippen molar-refractivity contribution in [3.8, 4) is 0 Å². The monoisotopic (exact) mass is 282 g/mol. The third-order valence-corrected chi connectivity index (χ3v) is 4.65. The average molecular weight is 282 g/mol. The molecule has 0 radical (unpaired) electrons. The van der Waals surface area contributed by atoms with Gasteiger partial charge in [-0.3, -0.25) is 0 Å². The van der Waals surface area contributed by atoms with Gasteiger partial charge >= 0.3 is 0 Å². The van der Waals surface area contributed by atoms with Crippen molar-refractivity contribution < 1.29 is 0 Å². The van der Waals surface area contributed by atoms with Crippen molar-refractivity contribution in [2.24, 2.45) is 0 Å². The third kappa shape index (κ3) is 4.57. The van der Waals surface area contributed by atoms with Crippen LogP contribution in [0.1, 0.15) is 82.8 Å². The molecular formula is C16H30N2S. The molecule has 110 valence electrons. The van der Waals surface area contributed by atoms with Gasteiger partial charge in [0, 0.05) is 28.8 Å². The first-order valence-electron chi connectivity index (χ1n) is 7.53. The molecular weight excluding hydrogens is 252 g/mol. The molecule has 1 heterocycles. The van der Waals surface area contributed by atoms with Crippen molar-refractivity contribution in [1.29, 1.82) is 0 Å². The maximum atomic E-state index is 4.98. The van der Waals surface area contributed by atoms with E-state index in [0.29, 0.717) is 12.0 Å². The molecule has 0 aromatic carbocycles. The van der Waals surface area contributed by atoms with Gasteiger partial charge in [0.1, 0.15) is 0 Å². The highest BCUT2D eigenvalue weighted by molar-refractivity contribution is 7.11. The molecule has 0 amide bonds. The van der Waals surface area contributed by atoms with Crippen LogP contribution in [-0.2, 0) is 12.0 Å². The second-order valence-corrected chi connectivity index (χ2v) is 7.74. The molecule has 0 saturated heterocycles. The van der Waals surface area contributed by atoms with Crippen LogP contribution in [0.2, 0.25) is 0 Å². The largest absolute Gasteiger partial charge is 0.310 e. The molecule has 0 atom stereocenters. The maximum absolute atomic E-state index is 4.98. The number of aromatic nitrogens is 1. The molecule has 0 aliphatic heterocycles. The lowest BCUT2D eigenvalue weighted by atomic mass is 9.91. The number of nitrogens with one attached hydrogen (secondary N) is 1. The van der Waals surface area contributed by atoms with Crippen LogP contribution in [0.5, 0.6) is 0 Å². The van der Waals surface area contributed by atoms with Crippen LogP contribution in [0.25, 0.3) is 0 Å². The van der Waals surface area contributed by atoms with E-state index in [9.17, 15) is 0 Å². The normalized spacial score (nSPS) is 12.7. The van der Waals surface area contributed by atoms with Gasteiger partial charge in [0.25, 0.3) is 0 Å². The van der Waals surface area contributed by atoms with E-state index < -0.39 is 0 Å². The first-order valence-corrected chi connectivity index (χ1v) is 8.34. The fourth-order valence-corrected chi connectivity index (χ4v) is 3.68. The Kier molecular flexibility index (Phi) is 6.00. The van der Waals surface area contributed by atoms with E-state index >= 15 is 0 Å². The molecule has 1 aromatic rings. The number of thiazole rings is 1. The number of hydrogen-bond acceptors (Lipinski definition) is 3. The summed E-state index contributed by atoms with van der Waals surface area (Å²) >= 11 is 1.91. The summed E-state index contributed by atoms with van der Waals surface area (Å²) < 4.78 is 0. The highest BCUT2D eigenvalue weighted by Gasteiger charge is 2.25. The van der Waals surface area contributed by atoms with Crippen LogP contribution in [0.4, 0.5) is 0 Å². The van der Waals surface area contributed by atoms with Crippen LogP contribution in [0.15, 0.2) is 0 Å². The van der Waals surface area contributed by atoms with E-state index in [1.807, 2.05) is 11.3 Å². The quantitative estimate of drug-likeness (QED) is 0.807. The maximum Gasteiger partial charge on any atom is 0.0962 e. The highest BCUT2D eigenvalue weighted by Crippen LogP contribution is 2.34. The molecule has 19 heavy (non-hydrogen) atoms. The van der Waals surface area contributed by atoms with Gasteiger partial charge < -0.3 is 5.32 Å². The molecule has 1 aromatic heterocycles.